The topological polar surface area (TPSA) is 85.0 Å². The number of hydrogen-bond acceptors (Lipinski definition) is 5. The molecule has 8 nitrogen and oxygen atoms in total. The van der Waals surface area contributed by atoms with Crippen LogP contribution >= 0.6 is 0 Å². The molecule has 208 valence electrons. The van der Waals surface area contributed by atoms with Crippen LogP contribution < -0.4 is 15.5 Å². The van der Waals surface area contributed by atoms with Crippen molar-refractivity contribution in [2.24, 2.45) is 0 Å². The molecule has 0 unspecified atom stereocenters. The van der Waals surface area contributed by atoms with Crippen LogP contribution in [0.1, 0.15) is 43.9 Å². The van der Waals surface area contributed by atoms with Crippen LogP contribution in [0.5, 0.6) is 0 Å². The van der Waals surface area contributed by atoms with E-state index in [0.717, 1.165) is 31.6 Å². The van der Waals surface area contributed by atoms with E-state index in [2.05, 4.69) is 15.5 Å². The summed E-state index contributed by atoms with van der Waals surface area (Å²) in [7, 11) is 0. The maximum Gasteiger partial charge on any atom is 0.255 e. The van der Waals surface area contributed by atoms with Crippen LogP contribution in [0.2, 0.25) is 0 Å². The first kappa shape index (κ1) is 27.3. The van der Waals surface area contributed by atoms with Gasteiger partial charge in [0.25, 0.3) is 17.7 Å². The van der Waals surface area contributed by atoms with Gasteiger partial charge in [0.2, 0.25) is 0 Å². The van der Waals surface area contributed by atoms with E-state index in [1.54, 1.807) is 18.2 Å². The molecule has 0 aliphatic carbocycles. The first-order chi connectivity index (χ1) is 19.5. The molecule has 2 N–H and O–H groups in total. The molecule has 2 fully saturated rings. The second kappa shape index (κ2) is 12.7. The predicted octanol–water partition coefficient (Wildman–Crippen LogP) is 3.87. The highest BCUT2D eigenvalue weighted by Crippen LogP contribution is 2.30. The number of anilines is 2. The average Bonchev–Trinajstić information content (AvgIpc) is 3.41. The monoisotopic (exact) mass is 543 g/mol. The summed E-state index contributed by atoms with van der Waals surface area (Å²) in [4.78, 5) is 45.4. The van der Waals surface area contributed by atoms with Gasteiger partial charge in [-0.2, -0.15) is 0 Å². The molecule has 3 aromatic rings. The SMILES string of the molecule is O=C(Nc1cc(C(=O)N2CCCNCC2)ccc1N1CCCN(C(=O)c2ccccc2)CC1)c1cccc(F)c1. The number of nitrogens with one attached hydrogen (secondary N) is 2. The number of nitrogens with zero attached hydrogens (tertiary/aromatic N) is 3. The zero-order chi connectivity index (χ0) is 27.9. The number of benzene rings is 3. The lowest BCUT2D eigenvalue weighted by Crippen LogP contribution is -2.35. The Hall–Kier alpha value is -4.24. The van der Waals surface area contributed by atoms with Crippen molar-refractivity contribution in [1.82, 2.24) is 15.1 Å². The van der Waals surface area contributed by atoms with E-state index in [1.807, 2.05) is 46.2 Å². The average molecular weight is 544 g/mol. The largest absolute Gasteiger partial charge is 0.368 e. The second-order valence-electron chi connectivity index (χ2n) is 10.1. The summed E-state index contributed by atoms with van der Waals surface area (Å²) in [5.74, 6) is -1.05. The van der Waals surface area contributed by atoms with E-state index in [1.165, 1.54) is 18.2 Å². The second-order valence-corrected chi connectivity index (χ2v) is 10.1. The van der Waals surface area contributed by atoms with Gasteiger partial charge in [0.1, 0.15) is 5.82 Å². The fourth-order valence-corrected chi connectivity index (χ4v) is 5.23. The molecule has 40 heavy (non-hydrogen) atoms. The Kier molecular flexibility index (Phi) is 8.71. The maximum absolute atomic E-state index is 13.8. The van der Waals surface area contributed by atoms with Gasteiger partial charge in [-0.15, -0.1) is 0 Å². The summed E-state index contributed by atoms with van der Waals surface area (Å²) in [5.41, 5.74) is 2.57. The number of hydrogen-bond donors (Lipinski definition) is 2. The van der Waals surface area contributed by atoms with Crippen molar-refractivity contribution in [3.05, 3.63) is 95.3 Å². The third-order valence-electron chi connectivity index (χ3n) is 7.35. The molecule has 0 radical (unpaired) electrons. The summed E-state index contributed by atoms with van der Waals surface area (Å²) < 4.78 is 13.8. The van der Waals surface area contributed by atoms with Crippen LogP contribution in [0.15, 0.2) is 72.8 Å². The minimum atomic E-state index is -0.498. The van der Waals surface area contributed by atoms with Crippen molar-refractivity contribution in [2.45, 2.75) is 12.8 Å². The third kappa shape index (κ3) is 6.48. The smallest absolute Gasteiger partial charge is 0.255 e. The molecule has 5 rings (SSSR count). The molecule has 3 aromatic carbocycles. The number of carbonyl (C=O) groups excluding carboxylic acids is 3. The minimum absolute atomic E-state index is 0.00466. The maximum atomic E-state index is 13.8. The molecule has 0 saturated carbocycles. The Morgan fingerprint density at radius 1 is 0.675 bits per heavy atom. The Balaban J connectivity index is 1.40. The van der Waals surface area contributed by atoms with Crippen molar-refractivity contribution in [2.75, 3.05) is 62.6 Å². The molecule has 2 aliphatic heterocycles. The van der Waals surface area contributed by atoms with Crippen molar-refractivity contribution < 1.29 is 18.8 Å². The molecule has 0 spiro atoms. The summed E-state index contributed by atoms with van der Waals surface area (Å²) >= 11 is 0. The molecule has 2 aliphatic rings. The van der Waals surface area contributed by atoms with Gasteiger partial charge in [0, 0.05) is 62.5 Å². The van der Waals surface area contributed by atoms with Crippen molar-refractivity contribution in [3.8, 4) is 0 Å². The summed E-state index contributed by atoms with van der Waals surface area (Å²) in [6, 6.07) is 20.1. The number of halogens is 1. The predicted molar refractivity (Wildman–Crippen MR) is 153 cm³/mol. The molecular formula is C31H34FN5O3. The summed E-state index contributed by atoms with van der Waals surface area (Å²) in [5, 5.41) is 6.24. The van der Waals surface area contributed by atoms with Crippen LogP contribution in [0.4, 0.5) is 15.8 Å². The van der Waals surface area contributed by atoms with Gasteiger partial charge in [0.05, 0.1) is 11.4 Å². The molecule has 2 saturated heterocycles. The zero-order valence-corrected chi connectivity index (χ0v) is 22.4. The Labute approximate surface area is 233 Å². The lowest BCUT2D eigenvalue weighted by molar-refractivity contribution is 0.0759. The fraction of sp³-hybridized carbons (Fsp3) is 0.323. The van der Waals surface area contributed by atoms with E-state index >= 15 is 0 Å². The molecule has 3 amide bonds. The van der Waals surface area contributed by atoms with E-state index < -0.39 is 11.7 Å². The standard InChI is InChI=1S/C31H34FN5O3/c32-26-10-4-9-24(21-26)29(38)34-27-22-25(31(40)36-15-5-13-33-14-18-36)11-12-28(27)35-16-6-17-37(20-19-35)30(39)23-7-2-1-3-8-23/h1-4,7-12,21-22,33H,5-6,13-20H2,(H,34,38). The van der Waals surface area contributed by atoms with Crippen molar-refractivity contribution >= 4 is 29.1 Å². The van der Waals surface area contributed by atoms with E-state index in [9.17, 15) is 18.8 Å². The van der Waals surface area contributed by atoms with E-state index in [-0.39, 0.29) is 17.4 Å². The Bertz CT molecular complexity index is 1360. The lowest BCUT2D eigenvalue weighted by atomic mass is 10.1. The molecule has 0 aromatic heterocycles. The number of carbonyl (C=O) groups is 3. The van der Waals surface area contributed by atoms with Gasteiger partial charge >= 0.3 is 0 Å². The van der Waals surface area contributed by atoms with E-state index in [0.29, 0.717) is 56.1 Å². The Morgan fingerprint density at radius 3 is 2.25 bits per heavy atom. The van der Waals surface area contributed by atoms with Crippen LogP contribution in [0.25, 0.3) is 0 Å². The van der Waals surface area contributed by atoms with Crippen LogP contribution in [0.3, 0.4) is 0 Å². The third-order valence-corrected chi connectivity index (χ3v) is 7.35. The highest BCUT2D eigenvalue weighted by molar-refractivity contribution is 6.07. The fourth-order valence-electron chi connectivity index (χ4n) is 5.23. The molecule has 0 atom stereocenters. The first-order valence-electron chi connectivity index (χ1n) is 13.8. The highest BCUT2D eigenvalue weighted by atomic mass is 19.1. The summed E-state index contributed by atoms with van der Waals surface area (Å²) in [6.07, 6.45) is 1.62. The van der Waals surface area contributed by atoms with Gasteiger partial charge in [-0.3, -0.25) is 14.4 Å². The van der Waals surface area contributed by atoms with Crippen molar-refractivity contribution in [1.29, 1.82) is 0 Å². The quantitative estimate of drug-likeness (QED) is 0.511. The van der Waals surface area contributed by atoms with Gasteiger partial charge in [-0.05, 0) is 67.9 Å². The number of rotatable bonds is 5. The molecule has 9 heteroatoms. The van der Waals surface area contributed by atoms with Gasteiger partial charge < -0.3 is 25.3 Å². The first-order valence-corrected chi connectivity index (χ1v) is 13.8. The minimum Gasteiger partial charge on any atom is -0.368 e. The zero-order valence-electron chi connectivity index (χ0n) is 22.4. The van der Waals surface area contributed by atoms with Gasteiger partial charge in [0.15, 0.2) is 0 Å². The summed E-state index contributed by atoms with van der Waals surface area (Å²) in [6.45, 7) is 5.26. The van der Waals surface area contributed by atoms with Crippen LogP contribution in [-0.4, -0.2) is 79.9 Å². The Morgan fingerprint density at radius 2 is 1.43 bits per heavy atom. The highest BCUT2D eigenvalue weighted by Gasteiger charge is 2.24. The lowest BCUT2D eigenvalue weighted by Gasteiger charge is -2.27. The molecule has 0 bridgehead atoms. The van der Waals surface area contributed by atoms with E-state index in [4.69, 9.17) is 0 Å². The van der Waals surface area contributed by atoms with Crippen LogP contribution in [-0.2, 0) is 0 Å². The molecular weight excluding hydrogens is 509 g/mol. The van der Waals surface area contributed by atoms with Gasteiger partial charge in [-0.1, -0.05) is 24.3 Å². The molecule has 2 heterocycles. The van der Waals surface area contributed by atoms with Gasteiger partial charge in [-0.25, -0.2) is 4.39 Å². The van der Waals surface area contributed by atoms with Crippen molar-refractivity contribution in [3.63, 3.8) is 0 Å². The normalized spacial score (nSPS) is 16.2. The number of amides is 3. The van der Waals surface area contributed by atoms with Crippen LogP contribution in [0, 0.1) is 5.82 Å².